The zero-order valence-corrected chi connectivity index (χ0v) is 18.1. The van der Waals surface area contributed by atoms with Gasteiger partial charge in [-0.2, -0.15) is 0 Å². The summed E-state index contributed by atoms with van der Waals surface area (Å²) in [6.07, 6.45) is 4.23. The molecule has 0 saturated carbocycles. The molecule has 2 aromatic heterocycles. The fourth-order valence-corrected chi connectivity index (χ4v) is 4.19. The average Bonchev–Trinajstić information content (AvgIpc) is 2.84. The number of aromatic nitrogens is 3. The van der Waals surface area contributed by atoms with Crippen LogP contribution >= 0.6 is 0 Å². The van der Waals surface area contributed by atoms with E-state index >= 15 is 0 Å². The third kappa shape index (κ3) is 4.05. The maximum atomic E-state index is 13.7. The van der Waals surface area contributed by atoms with Gasteiger partial charge in [0.15, 0.2) is 0 Å². The largest absolute Gasteiger partial charge is 0.298 e. The van der Waals surface area contributed by atoms with Crippen LogP contribution in [0.2, 0.25) is 0 Å². The van der Waals surface area contributed by atoms with Crippen molar-refractivity contribution in [3.05, 3.63) is 118 Å². The summed E-state index contributed by atoms with van der Waals surface area (Å²) in [6, 6.07) is 24.2. The molecule has 6 heteroatoms. The van der Waals surface area contributed by atoms with Crippen LogP contribution in [0.25, 0.3) is 0 Å². The fourth-order valence-electron chi connectivity index (χ4n) is 4.19. The minimum absolute atomic E-state index is 0.0215. The molecule has 6 nitrogen and oxygen atoms in total. The number of anilines is 2. The van der Waals surface area contributed by atoms with Crippen LogP contribution in [-0.4, -0.2) is 26.1 Å². The molecule has 0 radical (unpaired) electrons. The predicted molar refractivity (Wildman–Crippen MR) is 126 cm³/mol. The van der Waals surface area contributed by atoms with E-state index in [2.05, 4.69) is 33.0 Å². The summed E-state index contributed by atoms with van der Waals surface area (Å²) in [4.78, 5) is 27.2. The average molecular weight is 424 g/mol. The molecular formula is C26H25N5O. The second kappa shape index (κ2) is 8.77. The summed E-state index contributed by atoms with van der Waals surface area (Å²) in [5, 5.41) is 0. The van der Waals surface area contributed by atoms with E-state index in [-0.39, 0.29) is 5.56 Å². The Kier molecular flexibility index (Phi) is 5.52. The Labute approximate surface area is 187 Å². The van der Waals surface area contributed by atoms with Gasteiger partial charge in [-0.1, -0.05) is 54.6 Å². The van der Waals surface area contributed by atoms with Crippen LogP contribution in [0, 0.1) is 6.92 Å². The molecular weight excluding hydrogens is 398 g/mol. The molecule has 32 heavy (non-hydrogen) atoms. The van der Waals surface area contributed by atoms with Crippen molar-refractivity contribution in [3.8, 4) is 0 Å². The maximum absolute atomic E-state index is 13.7. The SMILES string of the molecule is Cc1nc2n(c(=O)c1Cc1ccccc1)CN(Cc1cccnc1)CN2c1ccccc1. The van der Waals surface area contributed by atoms with E-state index in [1.165, 1.54) is 0 Å². The summed E-state index contributed by atoms with van der Waals surface area (Å²) >= 11 is 0. The first-order valence-corrected chi connectivity index (χ1v) is 10.8. The van der Waals surface area contributed by atoms with E-state index in [1.54, 1.807) is 10.8 Å². The predicted octanol–water partition coefficient (Wildman–Crippen LogP) is 4.11. The highest BCUT2D eigenvalue weighted by Gasteiger charge is 2.28. The molecule has 2 aromatic carbocycles. The van der Waals surface area contributed by atoms with Crippen molar-refractivity contribution in [3.63, 3.8) is 0 Å². The molecule has 0 saturated heterocycles. The number of hydrogen-bond donors (Lipinski definition) is 0. The van der Waals surface area contributed by atoms with Crippen LogP contribution in [0.4, 0.5) is 11.6 Å². The Balaban J connectivity index is 1.57. The Hall–Kier alpha value is -3.77. The highest BCUT2D eigenvalue weighted by molar-refractivity contribution is 5.58. The Bertz CT molecular complexity index is 1260. The lowest BCUT2D eigenvalue weighted by Crippen LogP contribution is -2.47. The number of pyridine rings is 1. The minimum atomic E-state index is 0.0215. The van der Waals surface area contributed by atoms with Gasteiger partial charge in [-0.3, -0.25) is 24.1 Å². The third-order valence-corrected chi connectivity index (χ3v) is 5.79. The molecule has 5 rings (SSSR count). The van der Waals surface area contributed by atoms with Gasteiger partial charge in [-0.15, -0.1) is 0 Å². The first kappa shape index (κ1) is 20.2. The van der Waals surface area contributed by atoms with Crippen molar-refractivity contribution in [1.82, 2.24) is 19.4 Å². The molecule has 0 aliphatic carbocycles. The van der Waals surface area contributed by atoms with Crippen molar-refractivity contribution in [1.29, 1.82) is 0 Å². The second-order valence-corrected chi connectivity index (χ2v) is 8.11. The Morgan fingerprint density at radius 2 is 1.59 bits per heavy atom. The summed E-state index contributed by atoms with van der Waals surface area (Å²) in [6.45, 7) is 3.76. The molecule has 160 valence electrons. The zero-order chi connectivity index (χ0) is 21.9. The van der Waals surface area contributed by atoms with Crippen molar-refractivity contribution in [2.45, 2.75) is 26.6 Å². The number of aryl methyl sites for hydroxylation is 1. The molecule has 1 aliphatic heterocycles. The van der Waals surface area contributed by atoms with Gasteiger partial charge < -0.3 is 0 Å². The van der Waals surface area contributed by atoms with E-state index in [0.29, 0.717) is 32.3 Å². The number of para-hydroxylation sites is 1. The maximum Gasteiger partial charge on any atom is 0.259 e. The molecule has 1 aliphatic rings. The van der Waals surface area contributed by atoms with Crippen molar-refractivity contribution < 1.29 is 0 Å². The second-order valence-electron chi connectivity index (χ2n) is 8.11. The normalized spacial score (nSPS) is 13.7. The number of benzene rings is 2. The van der Waals surface area contributed by atoms with Crippen molar-refractivity contribution in [2.75, 3.05) is 11.6 Å². The summed E-state index contributed by atoms with van der Waals surface area (Å²) in [5.41, 5.74) is 4.79. The molecule has 0 unspecified atom stereocenters. The van der Waals surface area contributed by atoms with Gasteiger partial charge in [0.05, 0.1) is 19.0 Å². The van der Waals surface area contributed by atoms with Crippen LogP contribution in [0.3, 0.4) is 0 Å². The van der Waals surface area contributed by atoms with Gasteiger partial charge in [0.2, 0.25) is 5.95 Å². The van der Waals surface area contributed by atoms with E-state index in [9.17, 15) is 4.79 Å². The number of nitrogens with zero attached hydrogens (tertiary/aromatic N) is 5. The van der Waals surface area contributed by atoms with E-state index in [1.807, 2.05) is 67.7 Å². The van der Waals surface area contributed by atoms with Crippen molar-refractivity contribution in [2.24, 2.45) is 0 Å². The smallest absolute Gasteiger partial charge is 0.259 e. The quantitative estimate of drug-likeness (QED) is 0.484. The standard InChI is InChI=1S/C26H25N5O/c1-20-24(15-21-9-4-2-5-10-21)25(32)31-19-29(17-22-11-8-14-27-16-22)18-30(26(31)28-20)23-12-6-3-7-13-23/h2-14,16H,15,17-19H2,1H3. The molecule has 0 N–H and O–H groups in total. The first-order valence-electron chi connectivity index (χ1n) is 10.8. The topological polar surface area (TPSA) is 54.3 Å². The Morgan fingerprint density at radius 1 is 0.875 bits per heavy atom. The highest BCUT2D eigenvalue weighted by Crippen LogP contribution is 2.28. The van der Waals surface area contributed by atoms with Gasteiger partial charge in [0, 0.05) is 36.6 Å². The molecule has 4 aromatic rings. The summed E-state index contributed by atoms with van der Waals surface area (Å²) in [7, 11) is 0. The van der Waals surface area contributed by atoms with Crippen LogP contribution < -0.4 is 10.5 Å². The van der Waals surface area contributed by atoms with E-state index in [4.69, 9.17) is 4.98 Å². The molecule has 0 bridgehead atoms. The van der Waals surface area contributed by atoms with Crippen LogP contribution in [0.15, 0.2) is 90.0 Å². The van der Waals surface area contributed by atoms with Gasteiger partial charge in [-0.05, 0) is 36.2 Å². The number of rotatable bonds is 5. The molecule has 3 heterocycles. The van der Waals surface area contributed by atoms with Crippen LogP contribution in [0.1, 0.15) is 22.4 Å². The highest BCUT2D eigenvalue weighted by atomic mass is 16.1. The Morgan fingerprint density at radius 3 is 2.31 bits per heavy atom. The van der Waals surface area contributed by atoms with Crippen LogP contribution in [0.5, 0.6) is 0 Å². The molecule has 0 spiro atoms. The molecule has 0 atom stereocenters. The van der Waals surface area contributed by atoms with E-state index < -0.39 is 0 Å². The van der Waals surface area contributed by atoms with Gasteiger partial charge in [0.1, 0.15) is 0 Å². The number of fused-ring (bicyclic) bond motifs is 1. The van der Waals surface area contributed by atoms with Crippen molar-refractivity contribution >= 4 is 11.6 Å². The number of hydrogen-bond acceptors (Lipinski definition) is 5. The monoisotopic (exact) mass is 423 g/mol. The minimum Gasteiger partial charge on any atom is -0.298 e. The summed E-state index contributed by atoms with van der Waals surface area (Å²) in [5.74, 6) is 0.693. The summed E-state index contributed by atoms with van der Waals surface area (Å²) < 4.78 is 1.80. The third-order valence-electron chi connectivity index (χ3n) is 5.79. The zero-order valence-electron chi connectivity index (χ0n) is 18.1. The lowest BCUT2D eigenvalue weighted by molar-refractivity contribution is 0.189. The molecule has 0 fully saturated rings. The van der Waals surface area contributed by atoms with E-state index in [0.717, 1.165) is 28.1 Å². The lowest BCUT2D eigenvalue weighted by Gasteiger charge is -2.38. The van der Waals surface area contributed by atoms with Gasteiger partial charge in [-0.25, -0.2) is 4.98 Å². The van der Waals surface area contributed by atoms with Gasteiger partial charge in [0.25, 0.3) is 5.56 Å². The first-order chi connectivity index (χ1) is 15.7. The molecule has 0 amide bonds. The lowest BCUT2D eigenvalue weighted by atomic mass is 10.1. The fraction of sp³-hybridized carbons (Fsp3) is 0.192. The van der Waals surface area contributed by atoms with Gasteiger partial charge >= 0.3 is 0 Å². The van der Waals surface area contributed by atoms with Crippen LogP contribution in [-0.2, 0) is 19.6 Å².